The summed E-state index contributed by atoms with van der Waals surface area (Å²) < 4.78 is 15.3. The Morgan fingerprint density at radius 1 is 1.16 bits per heavy atom. The third kappa shape index (κ3) is 3.82. The maximum Gasteiger partial charge on any atom is 0.273 e. The van der Waals surface area contributed by atoms with E-state index >= 15 is 0 Å². The van der Waals surface area contributed by atoms with Crippen LogP contribution in [0.5, 0.6) is 0 Å². The molecule has 2 heterocycles. The molecule has 0 bridgehead atoms. The van der Waals surface area contributed by atoms with Gasteiger partial charge in [0, 0.05) is 13.1 Å². The zero-order valence-electron chi connectivity index (χ0n) is 17.2. The van der Waals surface area contributed by atoms with E-state index < -0.39 is 11.2 Å². The summed E-state index contributed by atoms with van der Waals surface area (Å²) in [6.45, 7) is 0.913. The number of likely N-dealkylation sites (tertiary alicyclic amines) is 1. The van der Waals surface area contributed by atoms with Crippen molar-refractivity contribution in [1.82, 2.24) is 25.2 Å². The highest BCUT2D eigenvalue weighted by Gasteiger charge is 2.55. The highest BCUT2D eigenvalue weighted by Crippen LogP contribution is 2.50. The Bertz CT molecular complexity index is 1010. The van der Waals surface area contributed by atoms with Crippen molar-refractivity contribution in [1.29, 1.82) is 0 Å². The lowest BCUT2D eigenvalue weighted by Gasteiger charge is -2.41. The first-order chi connectivity index (χ1) is 15.0. The van der Waals surface area contributed by atoms with E-state index in [0.29, 0.717) is 24.8 Å². The number of amides is 2. The molecule has 3 aliphatic rings. The lowest BCUT2D eigenvalue weighted by Crippen LogP contribution is -2.62. The average molecular weight is 446 g/mol. The molecule has 164 valence electrons. The normalized spacial score (nSPS) is 20.9. The molecule has 7 nitrogen and oxygen atoms in total. The minimum Gasteiger partial charge on any atom is -0.344 e. The molecule has 5 rings (SSSR count). The van der Waals surface area contributed by atoms with Crippen LogP contribution in [-0.4, -0.2) is 50.8 Å². The second-order valence-electron chi connectivity index (χ2n) is 8.97. The minimum atomic E-state index is -0.602. The van der Waals surface area contributed by atoms with Gasteiger partial charge in [-0.2, -0.15) is 0 Å². The largest absolute Gasteiger partial charge is 0.344 e. The number of hydrogen-bond donors (Lipinski definition) is 1. The van der Waals surface area contributed by atoms with E-state index in [1.165, 1.54) is 25.3 Å². The molecule has 0 spiro atoms. The van der Waals surface area contributed by atoms with Gasteiger partial charge in [0.1, 0.15) is 5.82 Å². The Balaban J connectivity index is 1.16. The monoisotopic (exact) mass is 445 g/mol. The van der Waals surface area contributed by atoms with E-state index in [1.54, 1.807) is 23.2 Å². The molecule has 1 aromatic carbocycles. The lowest BCUT2D eigenvalue weighted by atomic mass is 9.92. The highest BCUT2D eigenvalue weighted by molar-refractivity contribution is 6.30. The smallest absolute Gasteiger partial charge is 0.273 e. The van der Waals surface area contributed by atoms with E-state index in [1.807, 2.05) is 4.68 Å². The summed E-state index contributed by atoms with van der Waals surface area (Å²) in [7, 11) is 0. The third-order valence-electron chi connectivity index (χ3n) is 6.83. The van der Waals surface area contributed by atoms with Crippen molar-refractivity contribution in [3.05, 3.63) is 46.5 Å². The number of nitrogens with one attached hydrogen (secondary N) is 1. The van der Waals surface area contributed by atoms with Crippen LogP contribution in [0, 0.1) is 5.82 Å². The van der Waals surface area contributed by atoms with Crippen molar-refractivity contribution in [3.63, 3.8) is 0 Å². The molecule has 3 fully saturated rings. The first-order valence-electron chi connectivity index (χ1n) is 10.9. The van der Waals surface area contributed by atoms with E-state index in [4.69, 9.17) is 11.6 Å². The first kappa shape index (κ1) is 20.4. The lowest BCUT2D eigenvalue weighted by molar-refractivity contribution is -0.138. The van der Waals surface area contributed by atoms with E-state index in [2.05, 4.69) is 15.6 Å². The summed E-state index contributed by atoms with van der Waals surface area (Å²) >= 11 is 5.91. The van der Waals surface area contributed by atoms with Gasteiger partial charge in [0.05, 0.1) is 28.7 Å². The molecular formula is C22H25ClFN5O2. The van der Waals surface area contributed by atoms with Crippen LogP contribution in [0.4, 0.5) is 4.39 Å². The summed E-state index contributed by atoms with van der Waals surface area (Å²) in [6.07, 6.45) is 8.95. The van der Waals surface area contributed by atoms with Crippen LogP contribution in [0.1, 0.15) is 67.0 Å². The Hall–Kier alpha value is -2.48. The molecule has 1 aliphatic heterocycles. The van der Waals surface area contributed by atoms with Gasteiger partial charge < -0.3 is 10.2 Å². The number of hydrogen-bond acceptors (Lipinski definition) is 4. The summed E-state index contributed by atoms with van der Waals surface area (Å²) in [6, 6.07) is 4.72. The molecule has 2 amide bonds. The molecule has 0 unspecified atom stereocenters. The summed E-state index contributed by atoms with van der Waals surface area (Å²) in [5.74, 6) is -0.727. The van der Waals surface area contributed by atoms with Gasteiger partial charge in [-0.25, -0.2) is 9.07 Å². The van der Waals surface area contributed by atoms with Crippen molar-refractivity contribution < 1.29 is 14.0 Å². The van der Waals surface area contributed by atoms with Crippen LogP contribution >= 0.6 is 11.6 Å². The van der Waals surface area contributed by atoms with Crippen LogP contribution in [-0.2, 0) is 10.2 Å². The third-order valence-corrected chi connectivity index (χ3v) is 7.12. The fourth-order valence-electron chi connectivity index (χ4n) is 4.75. The van der Waals surface area contributed by atoms with Crippen LogP contribution in [0.3, 0.4) is 0 Å². The number of benzene rings is 1. The van der Waals surface area contributed by atoms with Crippen molar-refractivity contribution in [2.45, 2.75) is 62.4 Å². The number of rotatable bonds is 5. The predicted octanol–water partition coefficient (Wildman–Crippen LogP) is 3.25. The van der Waals surface area contributed by atoms with Gasteiger partial charge in [0.15, 0.2) is 5.69 Å². The van der Waals surface area contributed by atoms with Crippen LogP contribution in [0.2, 0.25) is 5.02 Å². The van der Waals surface area contributed by atoms with Crippen LogP contribution in [0.25, 0.3) is 0 Å². The molecule has 31 heavy (non-hydrogen) atoms. The molecule has 2 saturated carbocycles. The van der Waals surface area contributed by atoms with Gasteiger partial charge in [0.25, 0.3) is 5.91 Å². The summed E-state index contributed by atoms with van der Waals surface area (Å²) in [5.41, 5.74) is 0.473. The standard InChI is InChI=1S/C22H25ClFN5O2/c23-17-10-14(6-7-18(17)24)22(8-9-22)21(31)28-11-15(12-28)25-20(30)19-13-29(27-26-19)16-4-2-1-3-5-16/h6-7,10,13,15-16H,1-5,8-9,11-12H2,(H,25,30). The molecule has 1 N–H and O–H groups in total. The average Bonchev–Trinajstić information content (AvgIpc) is 3.41. The van der Waals surface area contributed by atoms with Gasteiger partial charge in [0.2, 0.25) is 5.91 Å². The second kappa shape index (κ2) is 7.89. The van der Waals surface area contributed by atoms with Crippen LogP contribution in [0.15, 0.2) is 24.4 Å². The predicted molar refractivity (Wildman–Crippen MR) is 112 cm³/mol. The molecule has 0 radical (unpaired) electrons. The zero-order chi connectivity index (χ0) is 21.6. The fraction of sp³-hybridized carbons (Fsp3) is 0.545. The number of carbonyl (C=O) groups is 2. The molecular weight excluding hydrogens is 421 g/mol. The Morgan fingerprint density at radius 3 is 2.58 bits per heavy atom. The molecule has 2 aromatic rings. The Kier molecular flexibility index (Phi) is 5.20. The minimum absolute atomic E-state index is 0.0175. The fourth-order valence-corrected chi connectivity index (χ4v) is 4.93. The number of carbonyl (C=O) groups excluding carboxylic acids is 2. The topological polar surface area (TPSA) is 80.1 Å². The first-order valence-corrected chi connectivity index (χ1v) is 11.3. The van der Waals surface area contributed by atoms with E-state index in [9.17, 15) is 14.0 Å². The molecule has 9 heteroatoms. The van der Waals surface area contributed by atoms with Gasteiger partial charge >= 0.3 is 0 Å². The van der Waals surface area contributed by atoms with Crippen molar-refractivity contribution in [3.8, 4) is 0 Å². The van der Waals surface area contributed by atoms with Crippen molar-refractivity contribution in [2.24, 2.45) is 0 Å². The van der Waals surface area contributed by atoms with E-state index in [0.717, 1.165) is 31.2 Å². The highest BCUT2D eigenvalue weighted by atomic mass is 35.5. The maximum absolute atomic E-state index is 13.5. The molecule has 1 aromatic heterocycles. The van der Waals surface area contributed by atoms with Gasteiger partial charge in [-0.1, -0.05) is 42.1 Å². The van der Waals surface area contributed by atoms with Crippen LogP contribution < -0.4 is 5.32 Å². The number of aromatic nitrogens is 3. The van der Waals surface area contributed by atoms with Gasteiger partial charge in [-0.3, -0.25) is 9.59 Å². The molecule has 0 atom stereocenters. The van der Waals surface area contributed by atoms with Gasteiger partial charge in [-0.15, -0.1) is 5.10 Å². The number of nitrogens with zero attached hydrogens (tertiary/aromatic N) is 4. The quantitative estimate of drug-likeness (QED) is 0.766. The van der Waals surface area contributed by atoms with Crippen molar-refractivity contribution >= 4 is 23.4 Å². The SMILES string of the molecule is O=C(NC1CN(C(=O)C2(c3ccc(F)c(Cl)c3)CC2)C1)c1cn(C2CCCCC2)nn1. The molecule has 2 aliphatic carbocycles. The molecule has 1 saturated heterocycles. The van der Waals surface area contributed by atoms with Gasteiger partial charge in [-0.05, 0) is 43.4 Å². The summed E-state index contributed by atoms with van der Waals surface area (Å²) in [4.78, 5) is 27.3. The maximum atomic E-state index is 13.5. The Morgan fingerprint density at radius 2 is 1.90 bits per heavy atom. The number of halogens is 2. The second-order valence-corrected chi connectivity index (χ2v) is 9.37. The van der Waals surface area contributed by atoms with Crippen molar-refractivity contribution in [2.75, 3.05) is 13.1 Å². The zero-order valence-corrected chi connectivity index (χ0v) is 17.9. The Labute approximate surface area is 184 Å². The summed E-state index contributed by atoms with van der Waals surface area (Å²) in [5, 5.41) is 11.2. The van der Waals surface area contributed by atoms with E-state index in [-0.39, 0.29) is 22.9 Å².